The molecule has 6 nitrogen and oxygen atoms in total. The minimum atomic E-state index is -0.0655. The first-order chi connectivity index (χ1) is 10.6. The Morgan fingerprint density at radius 1 is 1.05 bits per heavy atom. The lowest BCUT2D eigenvalue weighted by Crippen LogP contribution is -2.50. The van der Waals surface area contributed by atoms with Crippen LogP contribution >= 0.6 is 15.9 Å². The maximum Gasteiger partial charge on any atom is 0.257 e. The molecule has 7 heteroatoms. The van der Waals surface area contributed by atoms with Crippen molar-refractivity contribution in [1.82, 2.24) is 14.8 Å². The number of furan rings is 1. The molecule has 0 aliphatic carbocycles. The summed E-state index contributed by atoms with van der Waals surface area (Å²) in [5, 5.41) is 0. The van der Waals surface area contributed by atoms with Crippen LogP contribution in [0.5, 0.6) is 0 Å². The van der Waals surface area contributed by atoms with Crippen LogP contribution in [0.2, 0.25) is 0 Å². The number of rotatable bonds is 2. The third-order valence-electron chi connectivity index (χ3n) is 3.57. The van der Waals surface area contributed by atoms with Crippen molar-refractivity contribution in [2.75, 3.05) is 26.2 Å². The molecule has 3 heterocycles. The van der Waals surface area contributed by atoms with Gasteiger partial charge in [0.15, 0.2) is 0 Å². The molecule has 0 N–H and O–H groups in total. The summed E-state index contributed by atoms with van der Waals surface area (Å²) in [4.78, 5) is 32.1. The van der Waals surface area contributed by atoms with Gasteiger partial charge in [0, 0.05) is 43.0 Å². The fourth-order valence-electron chi connectivity index (χ4n) is 2.39. The topological polar surface area (TPSA) is 66.7 Å². The van der Waals surface area contributed by atoms with Crippen LogP contribution in [0.4, 0.5) is 0 Å². The van der Waals surface area contributed by atoms with Crippen molar-refractivity contribution in [3.05, 3.63) is 52.7 Å². The Kier molecular flexibility index (Phi) is 4.24. The Balaban J connectivity index is 1.62. The van der Waals surface area contributed by atoms with E-state index in [2.05, 4.69) is 20.9 Å². The van der Waals surface area contributed by atoms with Gasteiger partial charge in [-0.15, -0.1) is 0 Å². The number of aromatic nitrogens is 1. The van der Waals surface area contributed by atoms with Crippen LogP contribution in [0.15, 0.2) is 45.9 Å². The molecular weight excluding hydrogens is 350 g/mol. The second-order valence-electron chi connectivity index (χ2n) is 4.99. The molecule has 114 valence electrons. The minimum absolute atomic E-state index is 0.0648. The number of hydrogen-bond acceptors (Lipinski definition) is 4. The largest absolute Gasteiger partial charge is 0.472 e. The number of nitrogens with zero attached hydrogens (tertiary/aromatic N) is 3. The van der Waals surface area contributed by atoms with Crippen LogP contribution in [-0.4, -0.2) is 52.8 Å². The van der Waals surface area contributed by atoms with Crippen LogP contribution in [0.25, 0.3) is 0 Å². The molecular formula is C15H14BrN3O3. The van der Waals surface area contributed by atoms with Crippen LogP contribution in [0.3, 0.4) is 0 Å². The van der Waals surface area contributed by atoms with Crippen molar-refractivity contribution < 1.29 is 14.0 Å². The van der Waals surface area contributed by atoms with Crippen molar-refractivity contribution in [1.29, 1.82) is 0 Å². The Morgan fingerprint density at radius 3 is 2.23 bits per heavy atom. The molecule has 0 spiro atoms. The molecule has 0 saturated carbocycles. The third kappa shape index (κ3) is 3.04. The number of carbonyl (C=O) groups is 2. The summed E-state index contributed by atoms with van der Waals surface area (Å²) in [5.74, 6) is -0.130. The van der Waals surface area contributed by atoms with Crippen molar-refractivity contribution in [2.45, 2.75) is 0 Å². The second kappa shape index (κ2) is 6.31. The van der Waals surface area contributed by atoms with Crippen LogP contribution in [-0.2, 0) is 0 Å². The van der Waals surface area contributed by atoms with Gasteiger partial charge in [-0.3, -0.25) is 14.6 Å². The van der Waals surface area contributed by atoms with Gasteiger partial charge in [-0.05, 0) is 28.1 Å². The zero-order chi connectivity index (χ0) is 15.5. The molecule has 2 aromatic rings. The Morgan fingerprint density at radius 2 is 1.68 bits per heavy atom. The Bertz CT molecular complexity index is 679. The van der Waals surface area contributed by atoms with Gasteiger partial charge in [0.25, 0.3) is 11.8 Å². The van der Waals surface area contributed by atoms with E-state index in [9.17, 15) is 9.59 Å². The van der Waals surface area contributed by atoms with E-state index in [4.69, 9.17) is 4.42 Å². The number of carbonyl (C=O) groups excluding carboxylic acids is 2. The Labute approximate surface area is 135 Å². The Hall–Kier alpha value is -2.15. The highest BCUT2D eigenvalue weighted by Crippen LogP contribution is 2.14. The van der Waals surface area contributed by atoms with E-state index < -0.39 is 0 Å². The smallest absolute Gasteiger partial charge is 0.257 e. The maximum atomic E-state index is 12.4. The van der Waals surface area contributed by atoms with Gasteiger partial charge >= 0.3 is 0 Å². The molecule has 1 aliphatic heterocycles. The summed E-state index contributed by atoms with van der Waals surface area (Å²) >= 11 is 3.31. The SMILES string of the molecule is O=C(c1ccoc1)N1CCN(C(=O)c2cncc(Br)c2)CC1. The average molecular weight is 364 g/mol. The molecule has 0 unspecified atom stereocenters. The molecule has 0 aromatic carbocycles. The summed E-state index contributed by atoms with van der Waals surface area (Å²) in [6.07, 6.45) is 6.11. The monoisotopic (exact) mass is 363 g/mol. The average Bonchev–Trinajstić information content (AvgIpc) is 3.08. The molecule has 1 fully saturated rings. The number of amides is 2. The molecule has 2 aromatic heterocycles. The van der Waals surface area contributed by atoms with E-state index >= 15 is 0 Å². The molecule has 22 heavy (non-hydrogen) atoms. The standard InChI is InChI=1S/C15H14BrN3O3/c16-13-7-12(8-17-9-13)15(21)19-4-2-18(3-5-19)14(20)11-1-6-22-10-11/h1,6-10H,2-5H2. The van der Waals surface area contributed by atoms with E-state index in [1.54, 1.807) is 34.3 Å². The van der Waals surface area contributed by atoms with Gasteiger partial charge in [0.1, 0.15) is 6.26 Å². The summed E-state index contributed by atoms with van der Waals surface area (Å²) in [7, 11) is 0. The zero-order valence-electron chi connectivity index (χ0n) is 11.7. The van der Waals surface area contributed by atoms with Gasteiger partial charge in [0.05, 0.1) is 17.4 Å². The maximum absolute atomic E-state index is 12.4. The van der Waals surface area contributed by atoms with E-state index in [0.29, 0.717) is 37.3 Å². The number of halogens is 1. The van der Waals surface area contributed by atoms with Crippen LogP contribution in [0.1, 0.15) is 20.7 Å². The molecule has 2 amide bonds. The van der Waals surface area contributed by atoms with Crippen LogP contribution in [0, 0.1) is 0 Å². The number of piperazine rings is 1. The lowest BCUT2D eigenvalue weighted by Gasteiger charge is -2.34. The van der Waals surface area contributed by atoms with Crippen molar-refractivity contribution in [3.8, 4) is 0 Å². The summed E-state index contributed by atoms with van der Waals surface area (Å²) in [6, 6.07) is 3.39. The van der Waals surface area contributed by atoms with E-state index in [1.807, 2.05) is 0 Å². The summed E-state index contributed by atoms with van der Waals surface area (Å²) in [5.41, 5.74) is 1.08. The molecule has 1 aliphatic rings. The van der Waals surface area contributed by atoms with Crippen LogP contribution < -0.4 is 0 Å². The lowest BCUT2D eigenvalue weighted by molar-refractivity contribution is 0.0535. The normalized spacial score (nSPS) is 15.0. The van der Waals surface area contributed by atoms with E-state index in [1.165, 1.54) is 12.5 Å². The molecule has 0 atom stereocenters. The predicted octanol–water partition coefficient (Wildman–Crippen LogP) is 2.04. The summed E-state index contributed by atoms with van der Waals surface area (Å²) < 4.78 is 5.70. The zero-order valence-corrected chi connectivity index (χ0v) is 13.3. The fourth-order valence-corrected chi connectivity index (χ4v) is 2.76. The molecule has 1 saturated heterocycles. The third-order valence-corrected chi connectivity index (χ3v) is 4.01. The fraction of sp³-hybridized carbons (Fsp3) is 0.267. The number of pyridine rings is 1. The highest BCUT2D eigenvalue weighted by molar-refractivity contribution is 9.10. The first kappa shape index (κ1) is 14.8. The van der Waals surface area contributed by atoms with Gasteiger partial charge in [-0.1, -0.05) is 0 Å². The summed E-state index contributed by atoms with van der Waals surface area (Å²) in [6.45, 7) is 2.04. The van der Waals surface area contributed by atoms with Gasteiger partial charge in [0.2, 0.25) is 0 Å². The molecule has 3 rings (SSSR count). The van der Waals surface area contributed by atoms with Gasteiger partial charge in [-0.25, -0.2) is 0 Å². The first-order valence-corrected chi connectivity index (χ1v) is 7.66. The quantitative estimate of drug-likeness (QED) is 0.818. The van der Waals surface area contributed by atoms with E-state index in [0.717, 1.165) is 4.47 Å². The van der Waals surface area contributed by atoms with Crippen molar-refractivity contribution in [3.63, 3.8) is 0 Å². The van der Waals surface area contributed by atoms with Crippen molar-refractivity contribution in [2.24, 2.45) is 0 Å². The lowest BCUT2D eigenvalue weighted by atomic mass is 10.2. The highest BCUT2D eigenvalue weighted by atomic mass is 79.9. The molecule has 0 bridgehead atoms. The number of hydrogen-bond donors (Lipinski definition) is 0. The molecule has 0 radical (unpaired) electrons. The predicted molar refractivity (Wildman–Crippen MR) is 82.5 cm³/mol. The minimum Gasteiger partial charge on any atom is -0.472 e. The highest BCUT2D eigenvalue weighted by Gasteiger charge is 2.26. The van der Waals surface area contributed by atoms with E-state index in [-0.39, 0.29) is 11.8 Å². The first-order valence-electron chi connectivity index (χ1n) is 6.86. The van der Waals surface area contributed by atoms with Crippen molar-refractivity contribution >= 4 is 27.7 Å². The van der Waals surface area contributed by atoms with Gasteiger partial charge in [-0.2, -0.15) is 0 Å². The van der Waals surface area contributed by atoms with Gasteiger partial charge < -0.3 is 14.2 Å². The second-order valence-corrected chi connectivity index (χ2v) is 5.90.